The maximum Gasteiger partial charge on any atom is 0.0924 e. The number of halogens is 3. The van der Waals surface area contributed by atoms with Crippen molar-refractivity contribution in [2.45, 2.75) is 104 Å². The van der Waals surface area contributed by atoms with Gasteiger partial charge in [-0.25, -0.2) is 0 Å². The highest BCUT2D eigenvalue weighted by molar-refractivity contribution is 6.18. The van der Waals surface area contributed by atoms with E-state index < -0.39 is 0 Å². The van der Waals surface area contributed by atoms with Gasteiger partial charge in [-0.3, -0.25) is 0 Å². The predicted octanol–water partition coefficient (Wildman–Crippen LogP) is 4.79. The maximum atomic E-state index is 6.01. The Balaban J connectivity index is 0. The number of hydrogen-bond donors (Lipinski definition) is 0. The highest BCUT2D eigenvalue weighted by Gasteiger charge is 2.23. The van der Waals surface area contributed by atoms with E-state index in [9.17, 15) is 0 Å². The molecule has 0 aromatic heterocycles. The second-order valence-corrected chi connectivity index (χ2v) is 8.56. The van der Waals surface area contributed by atoms with Crippen molar-refractivity contribution >= 4 is 23.2 Å². The Morgan fingerprint density at radius 1 is 0.500 bits per heavy atom. The lowest BCUT2D eigenvalue weighted by Crippen LogP contribution is -3.00. The van der Waals surface area contributed by atoms with Gasteiger partial charge in [0, 0.05) is 0 Å². The topological polar surface area (TPSA) is 0 Å². The molecule has 26 heavy (non-hydrogen) atoms. The molecule has 0 aliphatic carbocycles. The molecule has 0 saturated carbocycles. The Hall–Kier alpha value is 0.830. The van der Waals surface area contributed by atoms with E-state index in [0.717, 1.165) is 35.9 Å². The van der Waals surface area contributed by atoms with E-state index in [1.807, 2.05) is 0 Å². The summed E-state index contributed by atoms with van der Waals surface area (Å²) < 4.78 is 1.12. The van der Waals surface area contributed by atoms with Gasteiger partial charge < -0.3 is 16.9 Å². The van der Waals surface area contributed by atoms with Crippen LogP contribution in [0.3, 0.4) is 0 Å². The summed E-state index contributed by atoms with van der Waals surface area (Å²) in [4.78, 5) is 0. The number of quaternary nitrogens is 1. The van der Waals surface area contributed by atoms with Crippen molar-refractivity contribution in [1.82, 2.24) is 0 Å². The molecule has 0 fully saturated rings. The average molecular weight is 431 g/mol. The van der Waals surface area contributed by atoms with Crippen molar-refractivity contribution in [3.8, 4) is 0 Å². The number of hydrogen-bond acceptors (Lipinski definition) is 0. The Bertz CT molecular complexity index is 256. The minimum atomic E-state index is 0. The van der Waals surface area contributed by atoms with E-state index in [1.165, 1.54) is 96.4 Å². The average Bonchev–Trinajstić information content (AvgIpc) is 2.62. The quantitative estimate of drug-likeness (QED) is 0.148. The fourth-order valence-electron chi connectivity index (χ4n) is 3.81. The minimum Gasteiger partial charge on any atom is -1.00 e. The molecule has 0 atom stereocenters. The van der Waals surface area contributed by atoms with Gasteiger partial charge in [-0.1, -0.05) is 84.0 Å². The standard InChI is InChI=1S/C22H46Cl2N.ClH/c1-3-5-6-7-8-9-10-11-12-13-14-15-16-17-20-25(4-2,21-18-23)22-19-24;/h3-22H2,1-2H3;1H/q+1;/p-1. The van der Waals surface area contributed by atoms with Crippen molar-refractivity contribution in [3.05, 3.63) is 0 Å². The van der Waals surface area contributed by atoms with Gasteiger partial charge in [0.15, 0.2) is 0 Å². The highest BCUT2D eigenvalue weighted by atomic mass is 35.5. The Kier molecular flexibility index (Phi) is 24.7. The third-order valence-corrected chi connectivity index (χ3v) is 6.11. The normalized spacial score (nSPS) is 11.5. The van der Waals surface area contributed by atoms with E-state index >= 15 is 0 Å². The van der Waals surface area contributed by atoms with Crippen LogP contribution in [0.2, 0.25) is 0 Å². The molecule has 0 aliphatic heterocycles. The molecule has 160 valence electrons. The summed E-state index contributed by atoms with van der Waals surface area (Å²) in [6.07, 6.45) is 19.9. The summed E-state index contributed by atoms with van der Waals surface area (Å²) in [6, 6.07) is 0. The first-order chi connectivity index (χ1) is 12.2. The number of alkyl halides is 2. The second kappa shape index (κ2) is 22.1. The van der Waals surface area contributed by atoms with Crippen LogP contribution >= 0.6 is 23.2 Å². The first-order valence-corrected chi connectivity index (χ1v) is 12.3. The fraction of sp³-hybridized carbons (Fsp3) is 1.00. The molecular formula is C22H46Cl3N. The highest BCUT2D eigenvalue weighted by Crippen LogP contribution is 2.15. The maximum absolute atomic E-state index is 6.01. The molecule has 0 heterocycles. The number of rotatable bonds is 20. The molecule has 0 unspecified atom stereocenters. The molecule has 0 aliphatic rings. The summed E-state index contributed by atoms with van der Waals surface area (Å²) in [7, 11) is 0. The minimum absolute atomic E-state index is 0. The molecule has 0 amide bonds. The van der Waals surface area contributed by atoms with E-state index in [4.69, 9.17) is 23.2 Å². The van der Waals surface area contributed by atoms with Crippen LogP contribution in [-0.2, 0) is 0 Å². The van der Waals surface area contributed by atoms with Gasteiger partial charge in [-0.15, -0.1) is 23.2 Å². The molecule has 0 aromatic carbocycles. The van der Waals surface area contributed by atoms with E-state index in [2.05, 4.69) is 13.8 Å². The Morgan fingerprint density at radius 3 is 1.15 bits per heavy atom. The monoisotopic (exact) mass is 429 g/mol. The zero-order chi connectivity index (χ0) is 18.6. The number of nitrogens with zero attached hydrogens (tertiary/aromatic N) is 1. The van der Waals surface area contributed by atoms with Crippen molar-refractivity contribution in [3.63, 3.8) is 0 Å². The molecule has 0 bridgehead atoms. The largest absolute Gasteiger partial charge is 1.00 e. The summed E-state index contributed by atoms with van der Waals surface area (Å²) in [5, 5.41) is 0. The van der Waals surface area contributed by atoms with Crippen LogP contribution in [-0.4, -0.2) is 42.4 Å². The van der Waals surface area contributed by atoms with Gasteiger partial charge in [0.2, 0.25) is 0 Å². The molecule has 4 heteroatoms. The van der Waals surface area contributed by atoms with E-state index in [0.29, 0.717) is 0 Å². The van der Waals surface area contributed by atoms with Crippen LogP contribution in [0.4, 0.5) is 0 Å². The zero-order valence-electron chi connectivity index (χ0n) is 17.7. The van der Waals surface area contributed by atoms with Gasteiger partial charge in [0.25, 0.3) is 0 Å². The second-order valence-electron chi connectivity index (χ2n) is 7.80. The van der Waals surface area contributed by atoms with Crippen LogP contribution in [0.25, 0.3) is 0 Å². The summed E-state index contributed by atoms with van der Waals surface area (Å²) in [5.41, 5.74) is 0. The summed E-state index contributed by atoms with van der Waals surface area (Å²) in [6.45, 7) is 9.14. The lowest BCUT2D eigenvalue weighted by molar-refractivity contribution is -0.922. The van der Waals surface area contributed by atoms with Gasteiger partial charge in [-0.2, -0.15) is 0 Å². The van der Waals surface area contributed by atoms with Crippen LogP contribution in [0, 0.1) is 0 Å². The lowest BCUT2D eigenvalue weighted by atomic mass is 10.0. The van der Waals surface area contributed by atoms with Gasteiger partial charge in [-0.05, 0) is 19.8 Å². The van der Waals surface area contributed by atoms with Crippen molar-refractivity contribution in [1.29, 1.82) is 0 Å². The lowest BCUT2D eigenvalue weighted by Gasteiger charge is -2.37. The molecule has 0 rings (SSSR count). The third-order valence-electron chi connectivity index (χ3n) is 5.77. The third kappa shape index (κ3) is 17.0. The Morgan fingerprint density at radius 2 is 0.846 bits per heavy atom. The van der Waals surface area contributed by atoms with Gasteiger partial charge >= 0.3 is 0 Å². The van der Waals surface area contributed by atoms with Crippen LogP contribution < -0.4 is 12.4 Å². The van der Waals surface area contributed by atoms with Crippen LogP contribution in [0.5, 0.6) is 0 Å². The van der Waals surface area contributed by atoms with Gasteiger partial charge in [0.05, 0.1) is 37.9 Å². The van der Waals surface area contributed by atoms with Crippen molar-refractivity contribution in [2.75, 3.05) is 37.9 Å². The molecule has 0 aromatic rings. The molecule has 0 N–H and O–H groups in total. The molecule has 1 nitrogen and oxygen atoms in total. The molecule has 0 spiro atoms. The number of unbranched alkanes of at least 4 members (excludes halogenated alkanes) is 13. The first kappa shape index (κ1) is 29.0. The fourth-order valence-corrected chi connectivity index (χ4v) is 4.53. The van der Waals surface area contributed by atoms with Crippen LogP contribution in [0.15, 0.2) is 0 Å². The van der Waals surface area contributed by atoms with Crippen LogP contribution in [0.1, 0.15) is 104 Å². The summed E-state index contributed by atoms with van der Waals surface area (Å²) in [5.74, 6) is 1.51. The molecule has 0 radical (unpaired) electrons. The van der Waals surface area contributed by atoms with Crippen molar-refractivity contribution < 1.29 is 16.9 Å². The van der Waals surface area contributed by atoms with E-state index in [1.54, 1.807) is 0 Å². The Labute approximate surface area is 181 Å². The van der Waals surface area contributed by atoms with E-state index in [-0.39, 0.29) is 12.4 Å². The van der Waals surface area contributed by atoms with Gasteiger partial charge in [0.1, 0.15) is 0 Å². The predicted molar refractivity (Wildman–Crippen MR) is 117 cm³/mol. The van der Waals surface area contributed by atoms with Crippen molar-refractivity contribution in [2.24, 2.45) is 0 Å². The molecular weight excluding hydrogens is 385 g/mol. The first-order valence-electron chi connectivity index (χ1n) is 11.2. The molecule has 0 saturated heterocycles. The summed E-state index contributed by atoms with van der Waals surface area (Å²) >= 11 is 12.0. The SMILES string of the molecule is CCCCCCCCCCCCCCCC[N+](CC)(CCCl)CCCl.[Cl-]. The smallest absolute Gasteiger partial charge is 0.0924 e. The zero-order valence-corrected chi connectivity index (χ0v) is 20.0.